The largest absolute Gasteiger partial charge is 0.489 e. The van der Waals surface area contributed by atoms with Gasteiger partial charge in [0.05, 0.1) is 6.54 Å². The van der Waals surface area contributed by atoms with Crippen molar-refractivity contribution in [1.29, 1.82) is 0 Å². The fourth-order valence-corrected chi connectivity index (χ4v) is 2.46. The number of aryl methyl sites for hydroxylation is 1. The SMILES string of the molecule is Cc1ccccc1OC(C)CNC(=O)N1CCC(CO)C1. The van der Waals surface area contributed by atoms with Gasteiger partial charge >= 0.3 is 6.03 Å². The van der Waals surface area contributed by atoms with Gasteiger partial charge in [-0.25, -0.2) is 4.79 Å². The van der Waals surface area contributed by atoms with E-state index in [-0.39, 0.29) is 24.7 Å². The van der Waals surface area contributed by atoms with Crippen LogP contribution in [0.4, 0.5) is 4.79 Å². The van der Waals surface area contributed by atoms with Gasteiger partial charge in [0.1, 0.15) is 11.9 Å². The predicted molar refractivity (Wildman–Crippen MR) is 81.4 cm³/mol. The molecule has 1 aromatic rings. The summed E-state index contributed by atoms with van der Waals surface area (Å²) in [6.45, 7) is 5.90. The molecule has 0 aliphatic carbocycles. The lowest BCUT2D eigenvalue weighted by atomic mass is 10.1. The molecule has 21 heavy (non-hydrogen) atoms. The van der Waals surface area contributed by atoms with E-state index in [0.717, 1.165) is 17.7 Å². The van der Waals surface area contributed by atoms with Crippen LogP contribution in [0, 0.1) is 12.8 Å². The summed E-state index contributed by atoms with van der Waals surface area (Å²) in [7, 11) is 0. The third-order valence-corrected chi connectivity index (χ3v) is 3.79. The summed E-state index contributed by atoms with van der Waals surface area (Å²) >= 11 is 0. The first-order valence-electron chi connectivity index (χ1n) is 7.46. The molecule has 0 spiro atoms. The van der Waals surface area contributed by atoms with Gasteiger partial charge in [-0.3, -0.25) is 0 Å². The van der Waals surface area contributed by atoms with Crippen molar-refractivity contribution in [2.75, 3.05) is 26.2 Å². The van der Waals surface area contributed by atoms with E-state index in [1.807, 2.05) is 38.1 Å². The minimum atomic E-state index is -0.0914. The maximum absolute atomic E-state index is 12.0. The number of amides is 2. The zero-order chi connectivity index (χ0) is 15.2. The van der Waals surface area contributed by atoms with E-state index in [0.29, 0.717) is 19.6 Å². The van der Waals surface area contributed by atoms with Crippen LogP contribution in [0.1, 0.15) is 18.9 Å². The Bertz CT molecular complexity index is 478. The Morgan fingerprint density at radius 3 is 2.95 bits per heavy atom. The highest BCUT2D eigenvalue weighted by atomic mass is 16.5. The number of urea groups is 1. The number of ether oxygens (including phenoxy) is 1. The molecule has 0 aromatic heterocycles. The van der Waals surface area contributed by atoms with E-state index < -0.39 is 0 Å². The molecule has 1 aliphatic rings. The number of likely N-dealkylation sites (tertiary alicyclic amines) is 1. The maximum Gasteiger partial charge on any atom is 0.317 e. The molecule has 1 saturated heterocycles. The van der Waals surface area contributed by atoms with E-state index in [2.05, 4.69) is 5.32 Å². The van der Waals surface area contributed by atoms with Gasteiger partial charge in [-0.15, -0.1) is 0 Å². The molecule has 1 aliphatic heterocycles. The quantitative estimate of drug-likeness (QED) is 0.869. The zero-order valence-corrected chi connectivity index (χ0v) is 12.7. The number of aliphatic hydroxyl groups is 1. The summed E-state index contributed by atoms with van der Waals surface area (Å²) in [6.07, 6.45) is 0.783. The summed E-state index contributed by atoms with van der Waals surface area (Å²) in [5.41, 5.74) is 1.08. The Balaban J connectivity index is 1.75. The molecule has 2 amide bonds. The third kappa shape index (κ3) is 4.36. The molecule has 2 unspecified atom stereocenters. The first kappa shape index (κ1) is 15.6. The Morgan fingerprint density at radius 1 is 1.52 bits per heavy atom. The topological polar surface area (TPSA) is 61.8 Å². The van der Waals surface area contributed by atoms with E-state index in [4.69, 9.17) is 9.84 Å². The third-order valence-electron chi connectivity index (χ3n) is 3.79. The van der Waals surface area contributed by atoms with Crippen molar-refractivity contribution < 1.29 is 14.6 Å². The molecule has 0 bridgehead atoms. The van der Waals surface area contributed by atoms with Crippen molar-refractivity contribution in [3.8, 4) is 5.75 Å². The van der Waals surface area contributed by atoms with Crippen LogP contribution in [0.2, 0.25) is 0 Å². The number of nitrogens with zero attached hydrogens (tertiary/aromatic N) is 1. The molecule has 2 N–H and O–H groups in total. The van der Waals surface area contributed by atoms with E-state index in [1.54, 1.807) is 4.90 Å². The van der Waals surface area contributed by atoms with Crippen molar-refractivity contribution in [3.63, 3.8) is 0 Å². The number of hydrogen-bond acceptors (Lipinski definition) is 3. The normalized spacial score (nSPS) is 19.4. The van der Waals surface area contributed by atoms with Crippen LogP contribution < -0.4 is 10.1 Å². The molecule has 0 radical (unpaired) electrons. The summed E-state index contributed by atoms with van der Waals surface area (Å²) in [5.74, 6) is 1.07. The van der Waals surface area contributed by atoms with Gasteiger partial charge in [-0.05, 0) is 31.9 Å². The number of aliphatic hydroxyl groups excluding tert-OH is 1. The lowest BCUT2D eigenvalue weighted by Gasteiger charge is -2.20. The Kier molecular flexibility index (Phi) is 5.44. The Hall–Kier alpha value is -1.75. The van der Waals surface area contributed by atoms with Gasteiger partial charge in [0.2, 0.25) is 0 Å². The first-order chi connectivity index (χ1) is 10.1. The monoisotopic (exact) mass is 292 g/mol. The molecule has 0 saturated carbocycles. The molecule has 1 aromatic carbocycles. The molecule has 1 fully saturated rings. The number of nitrogens with one attached hydrogen (secondary N) is 1. The smallest absolute Gasteiger partial charge is 0.317 e. The van der Waals surface area contributed by atoms with Gasteiger partial charge in [0.25, 0.3) is 0 Å². The standard InChI is InChI=1S/C16H24N2O3/c1-12-5-3-4-6-15(12)21-13(2)9-17-16(20)18-8-7-14(10-18)11-19/h3-6,13-14,19H,7-11H2,1-2H3,(H,17,20). The van der Waals surface area contributed by atoms with Crippen LogP contribution in [0.25, 0.3) is 0 Å². The number of hydrogen-bond donors (Lipinski definition) is 2. The van der Waals surface area contributed by atoms with E-state index in [9.17, 15) is 4.79 Å². The van der Waals surface area contributed by atoms with Crippen LogP contribution >= 0.6 is 0 Å². The molecule has 2 rings (SSSR count). The van der Waals surface area contributed by atoms with Gasteiger partial charge in [0, 0.05) is 25.6 Å². The summed E-state index contributed by atoms with van der Waals surface area (Å²) in [4.78, 5) is 13.8. The highest BCUT2D eigenvalue weighted by Crippen LogP contribution is 2.18. The molecule has 2 atom stereocenters. The van der Waals surface area contributed by atoms with E-state index in [1.165, 1.54) is 0 Å². The predicted octanol–water partition coefficient (Wildman–Crippen LogP) is 1.79. The van der Waals surface area contributed by atoms with Crippen molar-refractivity contribution in [1.82, 2.24) is 10.2 Å². The van der Waals surface area contributed by atoms with Crippen LogP contribution in [0.15, 0.2) is 24.3 Å². The number of para-hydroxylation sites is 1. The van der Waals surface area contributed by atoms with Crippen LogP contribution in [-0.4, -0.2) is 48.4 Å². The maximum atomic E-state index is 12.0. The number of rotatable bonds is 5. The highest BCUT2D eigenvalue weighted by molar-refractivity contribution is 5.74. The number of benzene rings is 1. The van der Waals surface area contributed by atoms with Crippen molar-refractivity contribution in [2.45, 2.75) is 26.4 Å². The van der Waals surface area contributed by atoms with Crippen LogP contribution in [0.5, 0.6) is 5.75 Å². The lowest BCUT2D eigenvalue weighted by molar-refractivity contribution is 0.184. The highest BCUT2D eigenvalue weighted by Gasteiger charge is 2.25. The Labute approximate surface area is 125 Å². The average molecular weight is 292 g/mol. The summed E-state index contributed by atoms with van der Waals surface area (Å²) in [5, 5.41) is 12.0. The molecular weight excluding hydrogens is 268 g/mol. The van der Waals surface area contributed by atoms with Gasteiger partial charge in [-0.1, -0.05) is 18.2 Å². The minimum absolute atomic E-state index is 0.0776. The van der Waals surface area contributed by atoms with Crippen molar-refractivity contribution in [2.24, 2.45) is 5.92 Å². The van der Waals surface area contributed by atoms with E-state index >= 15 is 0 Å². The summed E-state index contributed by atoms with van der Waals surface area (Å²) < 4.78 is 5.83. The second kappa shape index (κ2) is 7.31. The molecule has 5 nitrogen and oxygen atoms in total. The zero-order valence-electron chi connectivity index (χ0n) is 12.7. The van der Waals surface area contributed by atoms with Gasteiger partial charge < -0.3 is 20.1 Å². The van der Waals surface area contributed by atoms with Crippen LogP contribution in [0.3, 0.4) is 0 Å². The second-order valence-corrected chi connectivity index (χ2v) is 5.66. The van der Waals surface area contributed by atoms with Crippen molar-refractivity contribution >= 4 is 6.03 Å². The van der Waals surface area contributed by atoms with Gasteiger partial charge in [0.15, 0.2) is 0 Å². The number of carbonyl (C=O) groups is 1. The summed E-state index contributed by atoms with van der Waals surface area (Å²) in [6, 6.07) is 7.76. The second-order valence-electron chi connectivity index (χ2n) is 5.66. The molecule has 1 heterocycles. The van der Waals surface area contributed by atoms with Gasteiger partial charge in [-0.2, -0.15) is 0 Å². The fraction of sp³-hybridized carbons (Fsp3) is 0.562. The fourth-order valence-electron chi connectivity index (χ4n) is 2.46. The first-order valence-corrected chi connectivity index (χ1v) is 7.46. The Morgan fingerprint density at radius 2 is 2.29 bits per heavy atom. The molecule has 5 heteroatoms. The minimum Gasteiger partial charge on any atom is -0.489 e. The average Bonchev–Trinajstić information content (AvgIpc) is 2.96. The lowest BCUT2D eigenvalue weighted by Crippen LogP contribution is -2.42. The van der Waals surface area contributed by atoms with Crippen LogP contribution in [-0.2, 0) is 0 Å². The van der Waals surface area contributed by atoms with Crippen molar-refractivity contribution in [3.05, 3.63) is 29.8 Å². The number of carbonyl (C=O) groups excluding carboxylic acids is 1. The molecular formula is C16H24N2O3. The molecule has 116 valence electrons.